The molecule has 0 fully saturated rings. The molecule has 4 heteroatoms. The van der Waals surface area contributed by atoms with E-state index < -0.39 is 12.0 Å². The first-order valence-electron chi connectivity index (χ1n) is 5.36. The van der Waals surface area contributed by atoms with Crippen molar-refractivity contribution in [2.75, 3.05) is 0 Å². The minimum absolute atomic E-state index is 0.168. The molecule has 16 heavy (non-hydrogen) atoms. The summed E-state index contributed by atoms with van der Waals surface area (Å²) in [5.41, 5.74) is 0.168. The van der Waals surface area contributed by atoms with Gasteiger partial charge in [-0.15, -0.1) is 11.3 Å². The lowest BCUT2D eigenvalue weighted by atomic mass is 9.95. The van der Waals surface area contributed by atoms with Gasteiger partial charge in [-0.2, -0.15) is 0 Å². The number of hydrogen-bond donors (Lipinski definition) is 2. The first kappa shape index (κ1) is 13.2. The van der Waals surface area contributed by atoms with Crippen LogP contribution in [-0.4, -0.2) is 17.1 Å². The molecule has 0 radical (unpaired) electrons. The summed E-state index contributed by atoms with van der Waals surface area (Å²) in [7, 11) is 0. The van der Waals surface area contributed by atoms with Crippen LogP contribution in [0.4, 0.5) is 0 Å². The van der Waals surface area contributed by atoms with Gasteiger partial charge in [-0.1, -0.05) is 20.8 Å². The quantitative estimate of drug-likeness (QED) is 0.852. The van der Waals surface area contributed by atoms with E-state index in [9.17, 15) is 4.79 Å². The summed E-state index contributed by atoms with van der Waals surface area (Å²) in [6, 6.07) is 3.68. The van der Waals surface area contributed by atoms with E-state index in [-0.39, 0.29) is 5.41 Å². The van der Waals surface area contributed by atoms with Crippen molar-refractivity contribution < 1.29 is 9.90 Å². The van der Waals surface area contributed by atoms with E-state index in [1.807, 2.05) is 0 Å². The van der Waals surface area contributed by atoms with Gasteiger partial charge in [0, 0.05) is 16.3 Å². The Bertz CT molecular complexity index is 365. The number of aliphatic carboxylic acids is 1. The molecule has 0 amide bonds. The topological polar surface area (TPSA) is 49.3 Å². The van der Waals surface area contributed by atoms with Crippen molar-refractivity contribution in [2.45, 2.75) is 45.7 Å². The number of carboxylic acid groups (broad SMARTS) is 1. The van der Waals surface area contributed by atoms with Crippen molar-refractivity contribution in [3.63, 3.8) is 0 Å². The second-order valence-electron chi connectivity index (χ2n) is 4.96. The molecule has 0 aliphatic heterocycles. The fraction of sp³-hybridized carbons (Fsp3) is 0.583. The highest BCUT2D eigenvalue weighted by atomic mass is 32.1. The van der Waals surface area contributed by atoms with Gasteiger partial charge in [0.05, 0.1) is 0 Å². The maximum atomic E-state index is 10.6. The van der Waals surface area contributed by atoms with Crippen LogP contribution in [0.3, 0.4) is 0 Å². The van der Waals surface area contributed by atoms with Crippen LogP contribution in [0, 0.1) is 0 Å². The number of carbonyl (C=O) groups is 1. The average molecular weight is 241 g/mol. The predicted octanol–water partition coefficient (Wildman–Crippen LogP) is 2.61. The zero-order chi connectivity index (χ0) is 12.3. The highest BCUT2D eigenvalue weighted by Crippen LogP contribution is 2.29. The fourth-order valence-electron chi connectivity index (χ4n) is 1.22. The second kappa shape index (κ2) is 4.97. The highest BCUT2D eigenvalue weighted by Gasteiger charge is 2.16. The Morgan fingerprint density at radius 1 is 1.50 bits per heavy atom. The number of thiophene rings is 1. The standard InChI is InChI=1S/C12H19NO2S/c1-8(11(14)15)13-7-9-5-6-10(16-9)12(2,3)4/h5-6,8,13H,7H2,1-4H3,(H,14,15). The van der Waals surface area contributed by atoms with Gasteiger partial charge in [-0.05, 0) is 24.5 Å². The maximum Gasteiger partial charge on any atom is 0.320 e. The van der Waals surface area contributed by atoms with Gasteiger partial charge in [0.15, 0.2) is 0 Å². The van der Waals surface area contributed by atoms with E-state index in [0.29, 0.717) is 6.54 Å². The Kier molecular flexibility index (Phi) is 4.10. The lowest BCUT2D eigenvalue weighted by Crippen LogP contribution is -2.32. The molecule has 1 aromatic rings. The molecule has 0 aromatic carbocycles. The summed E-state index contributed by atoms with van der Waals surface area (Å²) in [5, 5.41) is 11.7. The van der Waals surface area contributed by atoms with Crippen molar-refractivity contribution in [3.05, 3.63) is 21.9 Å². The number of carboxylic acids is 1. The van der Waals surface area contributed by atoms with Gasteiger partial charge in [-0.3, -0.25) is 10.1 Å². The Labute approximate surface area is 100 Å². The molecule has 3 nitrogen and oxygen atoms in total. The average Bonchev–Trinajstić information content (AvgIpc) is 2.61. The Morgan fingerprint density at radius 3 is 2.56 bits per heavy atom. The van der Waals surface area contributed by atoms with Crippen LogP contribution < -0.4 is 5.32 Å². The lowest BCUT2D eigenvalue weighted by Gasteiger charge is -2.15. The van der Waals surface area contributed by atoms with Crippen LogP contribution in [-0.2, 0) is 16.8 Å². The Balaban J connectivity index is 2.57. The third-order valence-corrected chi connectivity index (χ3v) is 3.86. The lowest BCUT2D eigenvalue weighted by molar-refractivity contribution is -0.139. The van der Waals surface area contributed by atoms with E-state index in [4.69, 9.17) is 5.11 Å². The van der Waals surface area contributed by atoms with Crippen LogP contribution in [0.2, 0.25) is 0 Å². The summed E-state index contributed by atoms with van der Waals surface area (Å²) in [4.78, 5) is 13.1. The number of nitrogens with one attached hydrogen (secondary N) is 1. The minimum atomic E-state index is -0.812. The molecule has 1 heterocycles. The third kappa shape index (κ3) is 3.61. The summed E-state index contributed by atoms with van der Waals surface area (Å²) in [5.74, 6) is -0.812. The number of rotatable bonds is 4. The molecule has 0 aliphatic rings. The molecule has 1 aromatic heterocycles. The normalized spacial score (nSPS) is 13.8. The molecule has 0 spiro atoms. The predicted molar refractivity (Wildman–Crippen MR) is 67.0 cm³/mol. The van der Waals surface area contributed by atoms with E-state index in [1.165, 1.54) is 9.75 Å². The van der Waals surface area contributed by atoms with E-state index >= 15 is 0 Å². The summed E-state index contributed by atoms with van der Waals surface area (Å²) in [6.45, 7) is 8.80. The van der Waals surface area contributed by atoms with Gasteiger partial charge >= 0.3 is 5.97 Å². The molecule has 0 saturated heterocycles. The van der Waals surface area contributed by atoms with Gasteiger partial charge in [-0.25, -0.2) is 0 Å². The molecule has 1 rings (SSSR count). The highest BCUT2D eigenvalue weighted by molar-refractivity contribution is 7.12. The summed E-state index contributed by atoms with van der Waals surface area (Å²) < 4.78 is 0. The van der Waals surface area contributed by atoms with E-state index in [1.54, 1.807) is 18.3 Å². The van der Waals surface area contributed by atoms with Crippen molar-refractivity contribution >= 4 is 17.3 Å². The van der Waals surface area contributed by atoms with Gasteiger partial charge in [0.1, 0.15) is 6.04 Å². The molecule has 0 aliphatic carbocycles. The van der Waals surface area contributed by atoms with Crippen LogP contribution in [0.5, 0.6) is 0 Å². The molecule has 0 saturated carbocycles. The van der Waals surface area contributed by atoms with Crippen molar-refractivity contribution in [2.24, 2.45) is 0 Å². The van der Waals surface area contributed by atoms with Crippen molar-refractivity contribution in [3.8, 4) is 0 Å². The SMILES string of the molecule is CC(NCc1ccc(C(C)(C)C)s1)C(=O)O. The third-order valence-electron chi connectivity index (χ3n) is 2.35. The van der Waals surface area contributed by atoms with Gasteiger partial charge < -0.3 is 5.11 Å². The zero-order valence-corrected chi connectivity index (χ0v) is 11.0. The fourth-order valence-corrected chi connectivity index (χ4v) is 2.23. The van der Waals surface area contributed by atoms with Crippen LogP contribution in [0.25, 0.3) is 0 Å². The van der Waals surface area contributed by atoms with E-state index in [2.05, 4.69) is 38.2 Å². The van der Waals surface area contributed by atoms with Crippen LogP contribution in [0.15, 0.2) is 12.1 Å². The smallest absolute Gasteiger partial charge is 0.320 e. The Morgan fingerprint density at radius 2 is 2.12 bits per heavy atom. The van der Waals surface area contributed by atoms with Gasteiger partial charge in [0.25, 0.3) is 0 Å². The van der Waals surface area contributed by atoms with Crippen LogP contribution in [0.1, 0.15) is 37.4 Å². The molecule has 1 unspecified atom stereocenters. The molecule has 90 valence electrons. The molecule has 2 N–H and O–H groups in total. The van der Waals surface area contributed by atoms with E-state index in [0.717, 1.165) is 0 Å². The van der Waals surface area contributed by atoms with Crippen LogP contribution >= 0.6 is 11.3 Å². The minimum Gasteiger partial charge on any atom is -0.480 e. The maximum absolute atomic E-state index is 10.6. The molecular weight excluding hydrogens is 222 g/mol. The monoisotopic (exact) mass is 241 g/mol. The van der Waals surface area contributed by atoms with Crippen molar-refractivity contribution in [1.82, 2.24) is 5.32 Å². The molecule has 1 atom stereocenters. The van der Waals surface area contributed by atoms with Gasteiger partial charge in [0.2, 0.25) is 0 Å². The Hall–Kier alpha value is -0.870. The zero-order valence-electron chi connectivity index (χ0n) is 10.2. The molecule has 0 bridgehead atoms. The van der Waals surface area contributed by atoms with Crippen molar-refractivity contribution in [1.29, 1.82) is 0 Å². The summed E-state index contributed by atoms with van der Waals surface area (Å²) >= 11 is 1.74. The second-order valence-corrected chi connectivity index (χ2v) is 6.13. The molecular formula is C12H19NO2S. The first-order valence-corrected chi connectivity index (χ1v) is 6.17. The summed E-state index contributed by atoms with van der Waals surface area (Å²) in [6.07, 6.45) is 0. The first-order chi connectivity index (χ1) is 7.30. The number of hydrogen-bond acceptors (Lipinski definition) is 3. The largest absolute Gasteiger partial charge is 0.480 e.